The van der Waals surface area contributed by atoms with Gasteiger partial charge in [0.1, 0.15) is 6.61 Å². The maximum Gasteiger partial charge on any atom is 0.407 e. The summed E-state index contributed by atoms with van der Waals surface area (Å²) < 4.78 is 5.20. The Kier molecular flexibility index (Phi) is 7.07. The molecule has 0 saturated carbocycles. The highest BCUT2D eigenvalue weighted by Gasteiger charge is 2.16. The normalized spacial score (nSPS) is 11.7. The van der Waals surface area contributed by atoms with E-state index < -0.39 is 6.09 Å². The van der Waals surface area contributed by atoms with E-state index in [2.05, 4.69) is 15.6 Å². The van der Waals surface area contributed by atoms with Crippen molar-refractivity contribution in [2.75, 3.05) is 19.7 Å². The number of pyridine rings is 1. The van der Waals surface area contributed by atoms with Crippen molar-refractivity contribution in [3.8, 4) is 0 Å². The van der Waals surface area contributed by atoms with Gasteiger partial charge >= 0.3 is 6.09 Å². The number of rotatable bonds is 8. The second-order valence-electron chi connectivity index (χ2n) is 5.12. The highest BCUT2D eigenvalue weighted by Crippen LogP contribution is 2.17. The average Bonchev–Trinajstić information content (AvgIpc) is 2.60. The lowest BCUT2D eigenvalue weighted by molar-refractivity contribution is 0.142. The topological polar surface area (TPSA) is 63.2 Å². The van der Waals surface area contributed by atoms with Gasteiger partial charge in [-0.2, -0.15) is 0 Å². The third-order valence-electron chi connectivity index (χ3n) is 3.40. The van der Waals surface area contributed by atoms with Crippen LogP contribution in [0.3, 0.4) is 0 Å². The maximum absolute atomic E-state index is 12.0. The smallest absolute Gasteiger partial charge is 0.407 e. The van der Waals surface area contributed by atoms with Gasteiger partial charge in [-0.3, -0.25) is 4.98 Å². The van der Waals surface area contributed by atoms with E-state index in [-0.39, 0.29) is 6.04 Å². The van der Waals surface area contributed by atoms with Crippen molar-refractivity contribution in [3.05, 3.63) is 66.0 Å². The minimum atomic E-state index is -0.410. The van der Waals surface area contributed by atoms with Crippen molar-refractivity contribution in [2.45, 2.75) is 19.4 Å². The number of alkyl carbamates (subject to hydrolysis) is 1. The van der Waals surface area contributed by atoms with Gasteiger partial charge in [-0.1, -0.05) is 43.3 Å². The molecular weight excluding hydrogens is 290 g/mol. The molecule has 0 aliphatic heterocycles. The molecule has 0 spiro atoms. The number of nitrogens with one attached hydrogen (secondary N) is 2. The average molecular weight is 313 g/mol. The predicted octanol–water partition coefficient (Wildman–Crippen LogP) is 2.70. The van der Waals surface area contributed by atoms with E-state index in [0.717, 1.165) is 17.8 Å². The number of carbonyl (C=O) groups is 1. The Bertz CT molecular complexity index is 575. The van der Waals surface area contributed by atoms with E-state index in [9.17, 15) is 4.79 Å². The summed E-state index contributed by atoms with van der Waals surface area (Å²) in [5, 5.41) is 6.04. The quantitative estimate of drug-likeness (QED) is 0.736. The molecule has 1 atom stereocenters. The summed E-state index contributed by atoms with van der Waals surface area (Å²) in [7, 11) is 0. The van der Waals surface area contributed by atoms with Gasteiger partial charge in [0, 0.05) is 24.9 Å². The van der Waals surface area contributed by atoms with Gasteiger partial charge in [0.05, 0.1) is 6.04 Å². The van der Waals surface area contributed by atoms with Gasteiger partial charge in [0.15, 0.2) is 0 Å². The zero-order chi connectivity index (χ0) is 16.3. The fourth-order valence-electron chi connectivity index (χ4n) is 2.24. The molecule has 0 bridgehead atoms. The van der Waals surface area contributed by atoms with Crippen LogP contribution in [0.15, 0.2) is 54.7 Å². The first kappa shape index (κ1) is 17.0. The number of carbonyl (C=O) groups excluding carboxylic acids is 1. The fraction of sp³-hybridized carbons (Fsp3) is 0.333. The number of ether oxygens (including phenoxy) is 1. The molecule has 0 fully saturated rings. The first-order chi connectivity index (χ1) is 11.3. The Balaban J connectivity index is 1.98. The molecule has 1 heterocycles. The SMILES string of the molecule is CCNCCOC(=O)NC(Cc1ccccn1)c1ccccc1. The molecule has 2 rings (SSSR count). The summed E-state index contributed by atoms with van der Waals surface area (Å²) in [5.41, 5.74) is 1.95. The molecule has 0 aliphatic carbocycles. The molecule has 2 aromatic rings. The third-order valence-corrected chi connectivity index (χ3v) is 3.40. The van der Waals surface area contributed by atoms with Crippen molar-refractivity contribution in [3.63, 3.8) is 0 Å². The fourth-order valence-corrected chi connectivity index (χ4v) is 2.24. The van der Waals surface area contributed by atoms with Crippen molar-refractivity contribution in [1.29, 1.82) is 0 Å². The lowest BCUT2D eigenvalue weighted by Crippen LogP contribution is -2.32. The van der Waals surface area contributed by atoms with E-state index in [1.54, 1.807) is 6.20 Å². The van der Waals surface area contributed by atoms with Gasteiger partial charge in [0.25, 0.3) is 0 Å². The Morgan fingerprint density at radius 1 is 1.17 bits per heavy atom. The van der Waals surface area contributed by atoms with Crippen molar-refractivity contribution < 1.29 is 9.53 Å². The highest BCUT2D eigenvalue weighted by molar-refractivity contribution is 5.68. The molecule has 1 unspecified atom stereocenters. The standard InChI is InChI=1S/C18H23N3O2/c1-2-19-12-13-23-18(22)21-17(15-8-4-3-5-9-15)14-16-10-6-7-11-20-16/h3-11,17,19H,2,12-14H2,1H3,(H,21,22). The number of nitrogens with zero attached hydrogens (tertiary/aromatic N) is 1. The van der Waals surface area contributed by atoms with E-state index >= 15 is 0 Å². The monoisotopic (exact) mass is 313 g/mol. The van der Waals surface area contributed by atoms with E-state index in [4.69, 9.17) is 4.74 Å². The number of amides is 1. The van der Waals surface area contributed by atoms with E-state index in [0.29, 0.717) is 19.6 Å². The first-order valence-corrected chi connectivity index (χ1v) is 7.88. The molecule has 1 aromatic carbocycles. The summed E-state index contributed by atoms with van der Waals surface area (Å²) in [4.78, 5) is 16.3. The number of benzene rings is 1. The van der Waals surface area contributed by atoms with Gasteiger partial charge in [-0.25, -0.2) is 4.79 Å². The number of hydrogen-bond acceptors (Lipinski definition) is 4. The summed E-state index contributed by atoms with van der Waals surface area (Å²) in [6.45, 7) is 3.88. The van der Waals surface area contributed by atoms with Crippen LogP contribution in [0.2, 0.25) is 0 Å². The van der Waals surface area contributed by atoms with Crippen LogP contribution in [-0.2, 0) is 11.2 Å². The van der Waals surface area contributed by atoms with Crippen molar-refractivity contribution in [2.24, 2.45) is 0 Å². The zero-order valence-corrected chi connectivity index (χ0v) is 13.4. The second kappa shape index (κ2) is 9.58. The van der Waals surface area contributed by atoms with Gasteiger partial charge < -0.3 is 15.4 Å². The summed E-state index contributed by atoms with van der Waals surface area (Å²) >= 11 is 0. The Morgan fingerprint density at radius 3 is 2.65 bits per heavy atom. The molecule has 5 nitrogen and oxygen atoms in total. The van der Waals surface area contributed by atoms with Gasteiger partial charge in [0.2, 0.25) is 0 Å². The third kappa shape index (κ3) is 6.08. The van der Waals surface area contributed by atoms with Crippen molar-refractivity contribution in [1.82, 2.24) is 15.6 Å². The number of hydrogen-bond donors (Lipinski definition) is 2. The Morgan fingerprint density at radius 2 is 1.96 bits per heavy atom. The summed E-state index contributed by atoms with van der Waals surface area (Å²) in [5.74, 6) is 0. The molecular formula is C18H23N3O2. The minimum Gasteiger partial charge on any atom is -0.448 e. The van der Waals surface area contributed by atoms with E-state index in [1.807, 2.05) is 55.5 Å². The molecule has 23 heavy (non-hydrogen) atoms. The lowest BCUT2D eigenvalue weighted by atomic mass is 10.0. The molecule has 1 amide bonds. The maximum atomic E-state index is 12.0. The van der Waals surface area contributed by atoms with Crippen LogP contribution in [0.5, 0.6) is 0 Å². The molecule has 2 N–H and O–H groups in total. The number of aromatic nitrogens is 1. The van der Waals surface area contributed by atoms with Gasteiger partial charge in [-0.15, -0.1) is 0 Å². The zero-order valence-electron chi connectivity index (χ0n) is 13.4. The predicted molar refractivity (Wildman–Crippen MR) is 90.2 cm³/mol. The molecule has 0 saturated heterocycles. The Labute approximate surface area is 137 Å². The van der Waals surface area contributed by atoms with Crippen molar-refractivity contribution >= 4 is 6.09 Å². The van der Waals surface area contributed by atoms with Crippen LogP contribution in [0.1, 0.15) is 24.2 Å². The number of likely N-dealkylation sites (N-methyl/N-ethyl adjacent to an activating group) is 1. The van der Waals surface area contributed by atoms with E-state index in [1.165, 1.54) is 0 Å². The van der Waals surface area contributed by atoms with Crippen LogP contribution in [0, 0.1) is 0 Å². The Hall–Kier alpha value is -2.40. The molecule has 0 aliphatic rings. The van der Waals surface area contributed by atoms with Crippen LogP contribution >= 0.6 is 0 Å². The van der Waals surface area contributed by atoms with Crippen LogP contribution in [0.25, 0.3) is 0 Å². The highest BCUT2D eigenvalue weighted by atomic mass is 16.5. The van der Waals surface area contributed by atoms with Crippen LogP contribution in [0.4, 0.5) is 4.79 Å². The van der Waals surface area contributed by atoms with Crippen LogP contribution in [-0.4, -0.2) is 30.8 Å². The molecule has 0 radical (unpaired) electrons. The lowest BCUT2D eigenvalue weighted by Gasteiger charge is -2.19. The summed E-state index contributed by atoms with van der Waals surface area (Å²) in [6.07, 6.45) is 1.96. The largest absolute Gasteiger partial charge is 0.448 e. The molecule has 122 valence electrons. The van der Waals surface area contributed by atoms with Crippen LogP contribution < -0.4 is 10.6 Å². The minimum absolute atomic E-state index is 0.169. The molecule has 5 heteroatoms. The second-order valence-corrected chi connectivity index (χ2v) is 5.12. The summed E-state index contributed by atoms with van der Waals surface area (Å²) in [6, 6.07) is 15.5. The van der Waals surface area contributed by atoms with Gasteiger partial charge in [-0.05, 0) is 24.2 Å². The molecule has 1 aromatic heterocycles. The first-order valence-electron chi connectivity index (χ1n) is 7.88.